The predicted molar refractivity (Wildman–Crippen MR) is 84.4 cm³/mol. The second kappa shape index (κ2) is 7.78. The first-order valence-corrected chi connectivity index (χ1v) is 6.99. The number of aromatic nitrogens is 1. The third-order valence-corrected chi connectivity index (χ3v) is 3.05. The lowest BCUT2D eigenvalue weighted by atomic mass is 10.1. The van der Waals surface area contributed by atoms with Gasteiger partial charge in [-0.25, -0.2) is 0 Å². The number of benzene rings is 1. The van der Waals surface area contributed by atoms with Gasteiger partial charge in [-0.1, -0.05) is 12.1 Å². The third-order valence-electron chi connectivity index (χ3n) is 3.05. The van der Waals surface area contributed by atoms with Crippen molar-refractivity contribution in [3.63, 3.8) is 0 Å². The molecule has 0 aliphatic carbocycles. The molecule has 2 rings (SSSR count). The second-order valence-corrected chi connectivity index (χ2v) is 4.69. The monoisotopic (exact) mass is 298 g/mol. The molecule has 4 N–H and O–H groups in total. The van der Waals surface area contributed by atoms with Crippen molar-refractivity contribution in [3.8, 4) is 0 Å². The molecule has 22 heavy (non-hydrogen) atoms. The number of anilines is 1. The fourth-order valence-electron chi connectivity index (χ4n) is 1.89. The smallest absolute Gasteiger partial charge is 0.253 e. The molecule has 0 radical (unpaired) electrons. The highest BCUT2D eigenvalue weighted by Crippen LogP contribution is 2.09. The van der Waals surface area contributed by atoms with Crippen LogP contribution in [0.4, 0.5) is 5.69 Å². The van der Waals surface area contributed by atoms with Crippen LogP contribution >= 0.6 is 0 Å². The van der Waals surface area contributed by atoms with Crippen LogP contribution in [0.25, 0.3) is 0 Å². The first kappa shape index (κ1) is 15.5. The summed E-state index contributed by atoms with van der Waals surface area (Å²) in [4.78, 5) is 27.5. The number of nitrogen functional groups attached to an aromatic ring is 1. The van der Waals surface area contributed by atoms with Crippen LogP contribution < -0.4 is 16.4 Å². The lowest BCUT2D eigenvalue weighted by molar-refractivity contribution is 0.0952. The maximum atomic E-state index is 11.9. The van der Waals surface area contributed by atoms with E-state index in [-0.39, 0.29) is 11.8 Å². The van der Waals surface area contributed by atoms with Gasteiger partial charge in [-0.2, -0.15) is 0 Å². The van der Waals surface area contributed by atoms with Gasteiger partial charge in [0.05, 0.1) is 11.1 Å². The van der Waals surface area contributed by atoms with Crippen LogP contribution in [0.3, 0.4) is 0 Å². The van der Waals surface area contributed by atoms with E-state index in [4.69, 9.17) is 5.73 Å². The SMILES string of the molecule is Nc1ccccc1C(=O)NCCCNC(=O)c1cccnc1. The molecule has 2 amide bonds. The molecule has 6 nitrogen and oxygen atoms in total. The predicted octanol–water partition coefficient (Wildman–Crippen LogP) is 1.21. The number of carbonyl (C=O) groups excluding carboxylic acids is 2. The summed E-state index contributed by atoms with van der Waals surface area (Å²) in [7, 11) is 0. The number of nitrogens with two attached hydrogens (primary N) is 1. The number of hydrogen-bond donors (Lipinski definition) is 3. The van der Waals surface area contributed by atoms with Crippen molar-refractivity contribution in [2.75, 3.05) is 18.8 Å². The molecule has 0 spiro atoms. The van der Waals surface area contributed by atoms with Crippen molar-refractivity contribution >= 4 is 17.5 Å². The molecule has 0 atom stereocenters. The number of rotatable bonds is 6. The number of nitrogens with one attached hydrogen (secondary N) is 2. The van der Waals surface area contributed by atoms with Gasteiger partial charge in [-0.3, -0.25) is 14.6 Å². The zero-order valence-electron chi connectivity index (χ0n) is 12.1. The Morgan fingerprint density at radius 2 is 1.73 bits per heavy atom. The quantitative estimate of drug-likeness (QED) is 0.551. The molecule has 0 saturated heterocycles. The molecule has 1 aromatic heterocycles. The Bertz CT molecular complexity index is 644. The van der Waals surface area contributed by atoms with Crippen LogP contribution in [0, 0.1) is 0 Å². The molecule has 1 heterocycles. The Morgan fingerprint density at radius 3 is 2.41 bits per heavy atom. The lowest BCUT2D eigenvalue weighted by Gasteiger charge is -2.08. The molecule has 0 fully saturated rings. The van der Waals surface area contributed by atoms with Crippen molar-refractivity contribution in [2.24, 2.45) is 0 Å². The van der Waals surface area contributed by atoms with E-state index in [0.29, 0.717) is 36.3 Å². The van der Waals surface area contributed by atoms with Crippen LogP contribution in [-0.4, -0.2) is 29.9 Å². The number of carbonyl (C=O) groups is 2. The van der Waals surface area contributed by atoms with Crippen molar-refractivity contribution in [3.05, 3.63) is 59.9 Å². The largest absolute Gasteiger partial charge is 0.398 e. The summed E-state index contributed by atoms with van der Waals surface area (Å²) in [6, 6.07) is 10.3. The van der Waals surface area contributed by atoms with Crippen LogP contribution in [0.15, 0.2) is 48.8 Å². The zero-order valence-corrected chi connectivity index (χ0v) is 12.1. The number of para-hydroxylation sites is 1. The average Bonchev–Trinajstić information content (AvgIpc) is 2.55. The van der Waals surface area contributed by atoms with E-state index >= 15 is 0 Å². The Labute approximate surface area is 128 Å². The van der Waals surface area contributed by atoms with Crippen molar-refractivity contribution in [2.45, 2.75) is 6.42 Å². The van der Waals surface area contributed by atoms with Crippen molar-refractivity contribution in [1.29, 1.82) is 0 Å². The summed E-state index contributed by atoms with van der Waals surface area (Å²) in [5.41, 5.74) is 7.16. The highest BCUT2D eigenvalue weighted by atomic mass is 16.2. The summed E-state index contributed by atoms with van der Waals surface area (Å²) in [6.45, 7) is 0.929. The Hall–Kier alpha value is -2.89. The van der Waals surface area contributed by atoms with Crippen LogP contribution in [0.5, 0.6) is 0 Å². The summed E-state index contributed by atoms with van der Waals surface area (Å²) < 4.78 is 0. The van der Waals surface area contributed by atoms with Crippen molar-refractivity contribution in [1.82, 2.24) is 15.6 Å². The van der Waals surface area contributed by atoms with E-state index in [9.17, 15) is 9.59 Å². The molecule has 6 heteroatoms. The topological polar surface area (TPSA) is 97.1 Å². The van der Waals surface area contributed by atoms with Gasteiger partial charge in [-0.15, -0.1) is 0 Å². The minimum Gasteiger partial charge on any atom is -0.398 e. The minimum absolute atomic E-state index is 0.174. The van der Waals surface area contributed by atoms with Gasteiger partial charge in [0.25, 0.3) is 11.8 Å². The van der Waals surface area contributed by atoms with E-state index in [1.807, 2.05) is 0 Å². The van der Waals surface area contributed by atoms with E-state index in [1.54, 1.807) is 42.6 Å². The molecule has 1 aromatic carbocycles. The van der Waals surface area contributed by atoms with Gasteiger partial charge in [0.15, 0.2) is 0 Å². The van der Waals surface area contributed by atoms with E-state index in [0.717, 1.165) is 0 Å². The number of amides is 2. The molecule has 2 aromatic rings. The van der Waals surface area contributed by atoms with Crippen molar-refractivity contribution < 1.29 is 9.59 Å². The van der Waals surface area contributed by atoms with Crippen LogP contribution in [0.2, 0.25) is 0 Å². The maximum Gasteiger partial charge on any atom is 0.253 e. The molecule has 114 valence electrons. The second-order valence-electron chi connectivity index (χ2n) is 4.69. The molecule has 0 saturated carbocycles. The van der Waals surface area contributed by atoms with E-state index in [2.05, 4.69) is 15.6 Å². The zero-order chi connectivity index (χ0) is 15.8. The van der Waals surface area contributed by atoms with Gasteiger partial charge < -0.3 is 16.4 Å². The molecule has 0 unspecified atom stereocenters. The van der Waals surface area contributed by atoms with E-state index < -0.39 is 0 Å². The number of pyridine rings is 1. The highest BCUT2D eigenvalue weighted by Gasteiger charge is 2.08. The third kappa shape index (κ3) is 4.31. The number of nitrogens with zero attached hydrogens (tertiary/aromatic N) is 1. The van der Waals surface area contributed by atoms with Gasteiger partial charge in [0, 0.05) is 31.2 Å². The van der Waals surface area contributed by atoms with Crippen LogP contribution in [0.1, 0.15) is 27.1 Å². The Morgan fingerprint density at radius 1 is 1.00 bits per heavy atom. The Kier molecular flexibility index (Phi) is 5.48. The summed E-state index contributed by atoms with van der Waals surface area (Å²) in [5, 5.41) is 5.54. The minimum atomic E-state index is -0.211. The van der Waals surface area contributed by atoms with Gasteiger partial charge >= 0.3 is 0 Å². The fraction of sp³-hybridized carbons (Fsp3) is 0.188. The van der Waals surface area contributed by atoms with Gasteiger partial charge in [0.1, 0.15) is 0 Å². The average molecular weight is 298 g/mol. The summed E-state index contributed by atoms with van der Waals surface area (Å²) >= 11 is 0. The van der Waals surface area contributed by atoms with Gasteiger partial charge in [-0.05, 0) is 30.7 Å². The molecular formula is C16H18N4O2. The summed E-state index contributed by atoms with van der Waals surface area (Å²) in [5.74, 6) is -0.386. The normalized spacial score (nSPS) is 10.0. The molecule has 0 aliphatic heterocycles. The molecular weight excluding hydrogens is 280 g/mol. The standard InChI is InChI=1S/C16H18N4O2/c17-14-7-2-1-6-13(14)16(22)20-10-4-9-19-15(21)12-5-3-8-18-11-12/h1-3,5-8,11H,4,9-10,17H2,(H,19,21)(H,20,22). The summed E-state index contributed by atoms with van der Waals surface area (Å²) in [6.07, 6.45) is 3.75. The van der Waals surface area contributed by atoms with Crippen LogP contribution in [-0.2, 0) is 0 Å². The first-order valence-electron chi connectivity index (χ1n) is 6.99. The maximum absolute atomic E-state index is 11.9. The first-order chi connectivity index (χ1) is 10.7. The lowest BCUT2D eigenvalue weighted by Crippen LogP contribution is -2.30. The Balaban J connectivity index is 1.69. The number of hydrogen-bond acceptors (Lipinski definition) is 4. The highest BCUT2D eigenvalue weighted by molar-refractivity contribution is 5.99. The van der Waals surface area contributed by atoms with Gasteiger partial charge in [0.2, 0.25) is 0 Å². The molecule has 0 aliphatic rings. The molecule has 0 bridgehead atoms. The van der Waals surface area contributed by atoms with E-state index in [1.165, 1.54) is 6.20 Å². The fourth-order valence-corrected chi connectivity index (χ4v) is 1.89.